The van der Waals surface area contributed by atoms with Gasteiger partial charge in [0.05, 0.1) is 16.7 Å². The van der Waals surface area contributed by atoms with Crippen molar-refractivity contribution >= 4 is 45.2 Å². The van der Waals surface area contributed by atoms with Gasteiger partial charge in [-0.2, -0.15) is 4.98 Å². The van der Waals surface area contributed by atoms with E-state index in [1.54, 1.807) is 16.4 Å². The summed E-state index contributed by atoms with van der Waals surface area (Å²) < 4.78 is 14.9. The van der Waals surface area contributed by atoms with Crippen molar-refractivity contribution in [2.75, 3.05) is 23.0 Å². The molecular formula is C33H36BrN5O3S. The fourth-order valence-corrected chi connectivity index (χ4v) is 6.20. The highest BCUT2D eigenvalue weighted by Gasteiger charge is 2.35. The Bertz CT molecular complexity index is 1650. The van der Waals surface area contributed by atoms with E-state index >= 15 is 0 Å². The SMILES string of the molecule is CCCSc1nc2n(n1)C(c1cc(Br)c(OCc3ccccc3)c(OCC)c1)C(C(=O)Nc1cccc(C)c1C)=C(C)N2. The van der Waals surface area contributed by atoms with Gasteiger partial charge < -0.3 is 20.1 Å². The minimum absolute atomic E-state index is 0.217. The number of carbonyl (C=O) groups is 1. The molecule has 0 spiro atoms. The third kappa shape index (κ3) is 6.75. The Morgan fingerprint density at radius 3 is 2.60 bits per heavy atom. The van der Waals surface area contributed by atoms with Crippen molar-refractivity contribution in [2.45, 2.75) is 58.8 Å². The van der Waals surface area contributed by atoms with Crippen LogP contribution in [-0.2, 0) is 11.4 Å². The molecule has 1 aliphatic rings. The van der Waals surface area contributed by atoms with E-state index in [9.17, 15) is 4.79 Å². The molecule has 4 aromatic rings. The predicted molar refractivity (Wildman–Crippen MR) is 176 cm³/mol. The van der Waals surface area contributed by atoms with Gasteiger partial charge in [-0.1, -0.05) is 61.2 Å². The van der Waals surface area contributed by atoms with Gasteiger partial charge in [-0.3, -0.25) is 4.79 Å². The molecule has 2 N–H and O–H groups in total. The minimum Gasteiger partial charge on any atom is -0.490 e. The van der Waals surface area contributed by atoms with Crippen molar-refractivity contribution in [3.05, 3.63) is 98.7 Å². The lowest BCUT2D eigenvalue weighted by atomic mass is 9.94. The number of rotatable bonds is 11. The number of ether oxygens (including phenoxy) is 2. The standard InChI is InChI=1S/C33H36BrN5O3S/c1-6-16-43-33-37-32-35-22(5)28(31(40)36-26-15-11-12-20(3)21(26)4)29(39(32)38-33)24-17-25(34)30(27(18-24)41-7-2)42-19-23-13-9-8-10-14-23/h8-15,17-18,29H,6-7,16,19H2,1-5H3,(H,36,40)(H,35,37,38). The lowest BCUT2D eigenvalue weighted by molar-refractivity contribution is -0.113. The maximum atomic E-state index is 14.1. The van der Waals surface area contributed by atoms with E-state index < -0.39 is 6.04 Å². The second-order valence-electron chi connectivity index (χ2n) is 10.3. The summed E-state index contributed by atoms with van der Waals surface area (Å²) in [7, 11) is 0. The number of anilines is 2. The minimum atomic E-state index is -0.566. The largest absolute Gasteiger partial charge is 0.490 e. The van der Waals surface area contributed by atoms with Crippen molar-refractivity contribution in [1.82, 2.24) is 14.8 Å². The maximum absolute atomic E-state index is 14.1. The van der Waals surface area contributed by atoms with Gasteiger partial charge in [0.25, 0.3) is 5.91 Å². The normalized spacial score (nSPS) is 14.2. The van der Waals surface area contributed by atoms with Gasteiger partial charge in [0.15, 0.2) is 11.5 Å². The summed E-state index contributed by atoms with van der Waals surface area (Å²) in [5, 5.41) is 12.0. The van der Waals surface area contributed by atoms with Crippen LogP contribution in [0.2, 0.25) is 0 Å². The highest BCUT2D eigenvalue weighted by molar-refractivity contribution is 9.10. The van der Waals surface area contributed by atoms with Crippen LogP contribution in [0, 0.1) is 13.8 Å². The Balaban J connectivity index is 1.58. The van der Waals surface area contributed by atoms with Crippen LogP contribution in [0.4, 0.5) is 11.6 Å². The van der Waals surface area contributed by atoms with Gasteiger partial charge in [-0.05, 0) is 90.5 Å². The van der Waals surface area contributed by atoms with Gasteiger partial charge in [0.1, 0.15) is 12.6 Å². The number of nitrogens with zero attached hydrogens (tertiary/aromatic N) is 3. The van der Waals surface area contributed by atoms with E-state index in [0.29, 0.717) is 47.1 Å². The van der Waals surface area contributed by atoms with Crippen LogP contribution < -0.4 is 20.1 Å². The van der Waals surface area contributed by atoms with Crippen molar-refractivity contribution in [1.29, 1.82) is 0 Å². The van der Waals surface area contributed by atoms with Crippen LogP contribution in [0.5, 0.6) is 11.5 Å². The molecule has 0 bridgehead atoms. The van der Waals surface area contributed by atoms with Crippen LogP contribution >= 0.6 is 27.7 Å². The van der Waals surface area contributed by atoms with Crippen molar-refractivity contribution < 1.29 is 14.3 Å². The van der Waals surface area contributed by atoms with E-state index in [1.165, 1.54) is 0 Å². The second-order valence-corrected chi connectivity index (χ2v) is 12.2. The van der Waals surface area contributed by atoms with E-state index in [2.05, 4.69) is 33.5 Å². The van der Waals surface area contributed by atoms with Crippen LogP contribution in [0.15, 0.2) is 81.6 Å². The number of carbonyl (C=O) groups excluding carboxylic acids is 1. The molecule has 224 valence electrons. The number of fused-ring (bicyclic) bond motifs is 1. The molecule has 2 heterocycles. The average molecular weight is 663 g/mol. The fourth-order valence-electron chi connectivity index (χ4n) is 4.94. The Kier molecular flexibility index (Phi) is 9.77. The number of amides is 1. The molecule has 0 saturated carbocycles. The smallest absolute Gasteiger partial charge is 0.255 e. The number of aromatic nitrogens is 3. The third-order valence-corrected chi connectivity index (χ3v) is 8.87. The second kappa shape index (κ2) is 13.7. The molecule has 0 aliphatic carbocycles. The molecule has 1 unspecified atom stereocenters. The number of hydrogen-bond donors (Lipinski definition) is 2. The summed E-state index contributed by atoms with van der Waals surface area (Å²) in [6.07, 6.45) is 1.00. The first-order valence-electron chi connectivity index (χ1n) is 14.4. The molecule has 1 atom stereocenters. The summed E-state index contributed by atoms with van der Waals surface area (Å²) in [5.74, 6) is 2.45. The predicted octanol–water partition coefficient (Wildman–Crippen LogP) is 8.06. The Labute approximate surface area is 265 Å². The zero-order valence-electron chi connectivity index (χ0n) is 25.0. The quantitative estimate of drug-likeness (QED) is 0.157. The molecule has 10 heteroatoms. The Morgan fingerprint density at radius 1 is 1.07 bits per heavy atom. The van der Waals surface area contributed by atoms with E-state index in [-0.39, 0.29) is 5.91 Å². The van der Waals surface area contributed by atoms with E-state index in [0.717, 1.165) is 44.6 Å². The summed E-state index contributed by atoms with van der Waals surface area (Å²) in [6, 6.07) is 19.2. The summed E-state index contributed by atoms with van der Waals surface area (Å²) in [5.41, 5.74) is 6.01. The number of allylic oxidation sites excluding steroid dienone is 1. The van der Waals surface area contributed by atoms with Crippen LogP contribution in [-0.4, -0.2) is 33.0 Å². The molecule has 5 rings (SSSR count). The number of benzene rings is 3. The highest BCUT2D eigenvalue weighted by atomic mass is 79.9. The molecule has 1 aliphatic heterocycles. The average Bonchev–Trinajstić information content (AvgIpc) is 3.40. The van der Waals surface area contributed by atoms with Crippen LogP contribution in [0.25, 0.3) is 0 Å². The molecule has 1 aromatic heterocycles. The maximum Gasteiger partial charge on any atom is 0.255 e. The van der Waals surface area contributed by atoms with Crippen molar-refractivity contribution in [2.24, 2.45) is 0 Å². The van der Waals surface area contributed by atoms with Gasteiger partial charge >= 0.3 is 0 Å². The highest BCUT2D eigenvalue weighted by Crippen LogP contribution is 2.43. The monoisotopic (exact) mass is 661 g/mol. The summed E-state index contributed by atoms with van der Waals surface area (Å²) in [4.78, 5) is 18.8. The van der Waals surface area contributed by atoms with Crippen molar-refractivity contribution in [3.8, 4) is 11.5 Å². The number of nitrogens with one attached hydrogen (secondary N) is 2. The molecule has 1 amide bonds. The first kappa shape index (κ1) is 30.7. The fraction of sp³-hybridized carbons (Fsp3) is 0.303. The topological polar surface area (TPSA) is 90.3 Å². The summed E-state index contributed by atoms with van der Waals surface area (Å²) >= 11 is 5.34. The molecule has 0 fully saturated rings. The van der Waals surface area contributed by atoms with Crippen molar-refractivity contribution in [3.63, 3.8) is 0 Å². The number of hydrogen-bond acceptors (Lipinski definition) is 7. The van der Waals surface area contributed by atoms with Gasteiger partial charge in [0.2, 0.25) is 11.1 Å². The molecule has 0 radical (unpaired) electrons. The zero-order chi connectivity index (χ0) is 30.5. The Morgan fingerprint density at radius 2 is 1.86 bits per heavy atom. The lowest BCUT2D eigenvalue weighted by Gasteiger charge is -2.29. The lowest BCUT2D eigenvalue weighted by Crippen LogP contribution is -2.31. The third-order valence-electron chi connectivity index (χ3n) is 7.24. The Hall–Kier alpha value is -3.76. The summed E-state index contributed by atoms with van der Waals surface area (Å²) in [6.45, 7) is 10.8. The molecule has 0 saturated heterocycles. The molecular weight excluding hydrogens is 626 g/mol. The molecule has 43 heavy (non-hydrogen) atoms. The number of halogens is 1. The van der Waals surface area contributed by atoms with E-state index in [1.807, 2.05) is 88.4 Å². The molecule has 3 aromatic carbocycles. The number of aryl methyl sites for hydroxylation is 1. The van der Waals surface area contributed by atoms with Gasteiger partial charge in [0, 0.05) is 17.1 Å². The molecule has 8 nitrogen and oxygen atoms in total. The number of thioether (sulfide) groups is 1. The van der Waals surface area contributed by atoms with E-state index in [4.69, 9.17) is 19.6 Å². The zero-order valence-corrected chi connectivity index (χ0v) is 27.4. The first-order chi connectivity index (χ1) is 20.8. The van der Waals surface area contributed by atoms with Gasteiger partial charge in [-0.15, -0.1) is 5.10 Å². The van der Waals surface area contributed by atoms with Gasteiger partial charge in [-0.25, -0.2) is 4.68 Å². The van der Waals surface area contributed by atoms with Crippen LogP contribution in [0.3, 0.4) is 0 Å². The van der Waals surface area contributed by atoms with Crippen LogP contribution in [0.1, 0.15) is 55.5 Å². The first-order valence-corrected chi connectivity index (χ1v) is 16.2.